The van der Waals surface area contributed by atoms with Gasteiger partial charge in [-0.3, -0.25) is 9.59 Å². The van der Waals surface area contributed by atoms with E-state index in [1.165, 1.54) is 0 Å². The Hall–Kier alpha value is -1.10. The molecule has 1 aliphatic heterocycles. The fourth-order valence-electron chi connectivity index (χ4n) is 2.28. The van der Waals surface area contributed by atoms with E-state index in [4.69, 9.17) is 5.11 Å². The Morgan fingerprint density at radius 1 is 1.44 bits per heavy atom. The summed E-state index contributed by atoms with van der Waals surface area (Å²) in [7, 11) is 0. The molecule has 0 spiro atoms. The average Bonchev–Trinajstić information content (AvgIpc) is 2.34. The van der Waals surface area contributed by atoms with Crippen molar-refractivity contribution in [1.29, 1.82) is 0 Å². The van der Waals surface area contributed by atoms with Crippen molar-refractivity contribution >= 4 is 11.9 Å². The molecule has 2 atom stereocenters. The number of carboxylic acid groups (broad SMARTS) is 1. The summed E-state index contributed by atoms with van der Waals surface area (Å²) in [4.78, 5) is 22.9. The zero-order chi connectivity index (χ0) is 13.5. The molecule has 1 fully saturated rings. The minimum absolute atomic E-state index is 0.00718. The fraction of sp³-hybridized carbons (Fsp3) is 0.846. The Kier molecular flexibility index (Phi) is 6.12. The number of carboxylic acids is 1. The number of nitrogens with one attached hydrogen (secondary N) is 2. The van der Waals surface area contributed by atoms with Crippen LogP contribution in [-0.4, -0.2) is 36.6 Å². The van der Waals surface area contributed by atoms with Gasteiger partial charge in [0.05, 0.1) is 11.8 Å². The van der Waals surface area contributed by atoms with Crippen molar-refractivity contribution in [2.75, 3.05) is 19.6 Å². The molecule has 3 N–H and O–H groups in total. The quantitative estimate of drug-likeness (QED) is 0.658. The van der Waals surface area contributed by atoms with E-state index in [1.807, 2.05) is 13.8 Å². The molecule has 1 amide bonds. The molecule has 0 aromatic heterocycles. The van der Waals surface area contributed by atoms with E-state index in [2.05, 4.69) is 10.6 Å². The van der Waals surface area contributed by atoms with Gasteiger partial charge in [0.15, 0.2) is 0 Å². The Labute approximate surface area is 108 Å². The van der Waals surface area contributed by atoms with Gasteiger partial charge in [0.1, 0.15) is 0 Å². The van der Waals surface area contributed by atoms with Crippen molar-refractivity contribution in [3.05, 3.63) is 0 Å². The summed E-state index contributed by atoms with van der Waals surface area (Å²) in [6.45, 7) is 5.89. The minimum Gasteiger partial charge on any atom is -0.481 e. The summed E-state index contributed by atoms with van der Waals surface area (Å²) < 4.78 is 0. The first kappa shape index (κ1) is 15.0. The van der Waals surface area contributed by atoms with Gasteiger partial charge in [0, 0.05) is 13.1 Å². The Morgan fingerprint density at radius 3 is 2.67 bits per heavy atom. The van der Waals surface area contributed by atoms with Crippen LogP contribution in [0.3, 0.4) is 0 Å². The predicted molar refractivity (Wildman–Crippen MR) is 69.2 cm³/mol. The molecule has 0 radical (unpaired) electrons. The summed E-state index contributed by atoms with van der Waals surface area (Å²) in [6, 6.07) is 0. The number of carbonyl (C=O) groups is 2. The highest BCUT2D eigenvalue weighted by Crippen LogP contribution is 2.13. The van der Waals surface area contributed by atoms with Gasteiger partial charge in [-0.2, -0.15) is 0 Å². The van der Waals surface area contributed by atoms with Crippen LogP contribution in [0, 0.1) is 17.8 Å². The van der Waals surface area contributed by atoms with Crippen molar-refractivity contribution in [1.82, 2.24) is 10.6 Å². The minimum atomic E-state index is -0.828. The van der Waals surface area contributed by atoms with E-state index in [-0.39, 0.29) is 18.4 Å². The van der Waals surface area contributed by atoms with Crippen molar-refractivity contribution in [3.8, 4) is 0 Å². The van der Waals surface area contributed by atoms with Crippen LogP contribution in [0.2, 0.25) is 0 Å². The van der Waals surface area contributed by atoms with Gasteiger partial charge >= 0.3 is 5.97 Å². The van der Waals surface area contributed by atoms with Crippen LogP contribution in [0.1, 0.15) is 33.1 Å². The zero-order valence-corrected chi connectivity index (χ0v) is 11.2. The SMILES string of the molecule is CC(C)CC(CNC(=O)[C@@H]1CCCNC1)C(=O)O. The van der Waals surface area contributed by atoms with E-state index in [0.717, 1.165) is 19.4 Å². The van der Waals surface area contributed by atoms with Crippen LogP contribution >= 0.6 is 0 Å². The highest BCUT2D eigenvalue weighted by molar-refractivity contribution is 5.80. The standard InChI is InChI=1S/C13H24N2O3/c1-9(2)6-11(13(17)18)8-15-12(16)10-4-3-5-14-7-10/h9-11,14H,3-8H2,1-2H3,(H,15,16)(H,17,18)/t10-,11?/m1/s1. The smallest absolute Gasteiger partial charge is 0.308 e. The van der Waals surface area contributed by atoms with E-state index in [0.29, 0.717) is 18.9 Å². The van der Waals surface area contributed by atoms with Crippen molar-refractivity contribution in [3.63, 3.8) is 0 Å². The molecule has 5 heteroatoms. The lowest BCUT2D eigenvalue weighted by Gasteiger charge is -2.23. The van der Waals surface area contributed by atoms with Gasteiger partial charge in [0.25, 0.3) is 0 Å². The largest absolute Gasteiger partial charge is 0.481 e. The molecule has 18 heavy (non-hydrogen) atoms. The maximum Gasteiger partial charge on any atom is 0.308 e. The maximum atomic E-state index is 11.9. The number of piperidine rings is 1. The lowest BCUT2D eigenvalue weighted by Crippen LogP contribution is -2.43. The molecule has 1 unspecified atom stereocenters. The fourth-order valence-corrected chi connectivity index (χ4v) is 2.28. The third-order valence-corrected chi connectivity index (χ3v) is 3.30. The summed E-state index contributed by atoms with van der Waals surface area (Å²) in [6.07, 6.45) is 2.49. The Balaban J connectivity index is 2.36. The number of aliphatic carboxylic acids is 1. The molecular weight excluding hydrogens is 232 g/mol. The van der Waals surface area contributed by atoms with Crippen molar-refractivity contribution < 1.29 is 14.7 Å². The molecule has 1 heterocycles. The Bertz CT molecular complexity index is 286. The van der Waals surface area contributed by atoms with E-state index >= 15 is 0 Å². The molecule has 5 nitrogen and oxygen atoms in total. The first-order valence-corrected chi connectivity index (χ1v) is 6.72. The molecule has 0 saturated carbocycles. The number of hydrogen-bond donors (Lipinski definition) is 3. The second kappa shape index (κ2) is 7.36. The second-order valence-electron chi connectivity index (χ2n) is 5.45. The molecule has 1 saturated heterocycles. The summed E-state index contributed by atoms with van der Waals surface area (Å²) in [5.41, 5.74) is 0. The van der Waals surface area contributed by atoms with Crippen LogP contribution in [0.15, 0.2) is 0 Å². The molecule has 1 rings (SSSR count). The highest BCUT2D eigenvalue weighted by Gasteiger charge is 2.24. The lowest BCUT2D eigenvalue weighted by molar-refractivity contribution is -0.142. The van der Waals surface area contributed by atoms with Gasteiger partial charge in [-0.15, -0.1) is 0 Å². The third-order valence-electron chi connectivity index (χ3n) is 3.30. The van der Waals surface area contributed by atoms with Crippen LogP contribution in [0.5, 0.6) is 0 Å². The summed E-state index contributed by atoms with van der Waals surface area (Å²) in [5.74, 6) is -1.01. The first-order valence-electron chi connectivity index (χ1n) is 6.72. The zero-order valence-electron chi connectivity index (χ0n) is 11.2. The molecular formula is C13H24N2O3. The molecule has 0 aromatic carbocycles. The van der Waals surface area contributed by atoms with Crippen LogP contribution in [0.4, 0.5) is 0 Å². The highest BCUT2D eigenvalue weighted by atomic mass is 16.4. The molecule has 1 aliphatic rings. The lowest BCUT2D eigenvalue weighted by atomic mass is 9.95. The van der Waals surface area contributed by atoms with Crippen LogP contribution < -0.4 is 10.6 Å². The van der Waals surface area contributed by atoms with Gasteiger partial charge < -0.3 is 15.7 Å². The van der Waals surface area contributed by atoms with Gasteiger partial charge in [-0.1, -0.05) is 13.8 Å². The summed E-state index contributed by atoms with van der Waals surface area (Å²) in [5, 5.41) is 15.0. The summed E-state index contributed by atoms with van der Waals surface area (Å²) >= 11 is 0. The second-order valence-corrected chi connectivity index (χ2v) is 5.45. The number of amides is 1. The number of hydrogen-bond acceptors (Lipinski definition) is 3. The molecule has 104 valence electrons. The molecule has 0 bridgehead atoms. The first-order chi connectivity index (χ1) is 8.50. The normalized spacial score (nSPS) is 21.6. The predicted octanol–water partition coefficient (Wildman–Crippen LogP) is 0.849. The molecule has 0 aliphatic carbocycles. The van der Waals surface area contributed by atoms with Gasteiger partial charge in [-0.05, 0) is 31.7 Å². The average molecular weight is 256 g/mol. The van der Waals surface area contributed by atoms with E-state index in [9.17, 15) is 9.59 Å². The number of carbonyl (C=O) groups excluding carboxylic acids is 1. The molecule has 0 aromatic rings. The maximum absolute atomic E-state index is 11.9. The van der Waals surface area contributed by atoms with Crippen LogP contribution in [-0.2, 0) is 9.59 Å². The number of rotatable bonds is 6. The third kappa shape index (κ3) is 5.04. The van der Waals surface area contributed by atoms with Crippen molar-refractivity contribution in [2.45, 2.75) is 33.1 Å². The van der Waals surface area contributed by atoms with E-state index in [1.54, 1.807) is 0 Å². The van der Waals surface area contributed by atoms with Crippen molar-refractivity contribution in [2.24, 2.45) is 17.8 Å². The Morgan fingerprint density at radius 2 is 2.17 bits per heavy atom. The van der Waals surface area contributed by atoms with Crippen LogP contribution in [0.25, 0.3) is 0 Å². The monoisotopic (exact) mass is 256 g/mol. The topological polar surface area (TPSA) is 78.4 Å². The van der Waals surface area contributed by atoms with Gasteiger partial charge in [-0.25, -0.2) is 0 Å². The van der Waals surface area contributed by atoms with Gasteiger partial charge in [0.2, 0.25) is 5.91 Å². The van der Waals surface area contributed by atoms with E-state index < -0.39 is 11.9 Å².